The molecule has 0 saturated carbocycles. The number of anilines is 1. The molecule has 2 N–H and O–H groups in total. The summed E-state index contributed by atoms with van der Waals surface area (Å²) in [4.78, 5) is 26.7. The molecule has 3 rings (SSSR count). The lowest BCUT2D eigenvalue weighted by molar-refractivity contribution is -0.116. The first kappa shape index (κ1) is 16.9. The molecule has 0 aliphatic carbocycles. The van der Waals surface area contributed by atoms with Gasteiger partial charge in [0, 0.05) is 30.7 Å². The van der Waals surface area contributed by atoms with Gasteiger partial charge in [0.25, 0.3) is 0 Å². The Balaban J connectivity index is 1.73. The van der Waals surface area contributed by atoms with Crippen molar-refractivity contribution >= 4 is 22.5 Å². The lowest BCUT2D eigenvalue weighted by atomic mass is 10.1. The Morgan fingerprint density at radius 2 is 1.92 bits per heavy atom. The minimum atomic E-state index is -0.188. The van der Waals surface area contributed by atoms with Crippen molar-refractivity contribution in [2.24, 2.45) is 0 Å². The maximum absolute atomic E-state index is 12.2. The van der Waals surface area contributed by atoms with Gasteiger partial charge >= 0.3 is 0 Å². The number of benzene rings is 2. The number of aryl methyl sites for hydroxylation is 1. The van der Waals surface area contributed by atoms with Crippen molar-refractivity contribution in [3.63, 3.8) is 0 Å². The first-order chi connectivity index (χ1) is 12.2. The molecule has 3 aromatic rings. The molecule has 5 nitrogen and oxygen atoms in total. The molecule has 1 aromatic heterocycles. The van der Waals surface area contributed by atoms with Crippen molar-refractivity contribution in [3.05, 3.63) is 76.1 Å². The summed E-state index contributed by atoms with van der Waals surface area (Å²) >= 11 is 0. The molecule has 0 fully saturated rings. The average Bonchev–Trinajstić information content (AvgIpc) is 2.61. The number of H-pyrrole nitrogens is 1. The molecule has 0 spiro atoms. The number of carbonyl (C=O) groups excluding carboxylic acids is 1. The van der Waals surface area contributed by atoms with Crippen molar-refractivity contribution in [1.82, 2.24) is 4.98 Å². The fourth-order valence-electron chi connectivity index (χ4n) is 2.81. The third-order valence-electron chi connectivity index (χ3n) is 4.00. The highest BCUT2D eigenvalue weighted by Gasteiger charge is 2.07. The summed E-state index contributed by atoms with van der Waals surface area (Å²) in [7, 11) is 1.59. The summed E-state index contributed by atoms with van der Waals surface area (Å²) < 4.78 is 5.14. The number of hydrogen-bond donors (Lipinski definition) is 2. The molecule has 0 radical (unpaired) electrons. The molecule has 1 amide bonds. The smallest absolute Gasteiger partial charge is 0.248 e. The summed E-state index contributed by atoms with van der Waals surface area (Å²) in [5, 5.41) is 3.79. The molecular weight excluding hydrogens is 316 g/mol. The molecule has 128 valence electrons. The van der Waals surface area contributed by atoms with Gasteiger partial charge < -0.3 is 15.0 Å². The minimum Gasteiger partial charge on any atom is -0.380 e. The Kier molecular flexibility index (Phi) is 5.26. The predicted molar refractivity (Wildman–Crippen MR) is 98.7 cm³/mol. The monoisotopic (exact) mass is 336 g/mol. The number of pyridine rings is 1. The van der Waals surface area contributed by atoms with Gasteiger partial charge in [0.15, 0.2) is 0 Å². The number of amides is 1. The highest BCUT2D eigenvalue weighted by atomic mass is 16.5. The van der Waals surface area contributed by atoms with Crippen LogP contribution in [0.2, 0.25) is 0 Å². The molecular formula is C20H20N2O3. The van der Waals surface area contributed by atoms with Gasteiger partial charge in [-0.2, -0.15) is 0 Å². The lowest BCUT2D eigenvalue weighted by Crippen LogP contribution is -2.13. The largest absolute Gasteiger partial charge is 0.380 e. The number of fused-ring (bicyclic) bond motifs is 1. The fourth-order valence-corrected chi connectivity index (χ4v) is 2.81. The number of carbonyl (C=O) groups is 1. The van der Waals surface area contributed by atoms with Crippen molar-refractivity contribution in [1.29, 1.82) is 0 Å². The number of methoxy groups -OCH3 is 1. The van der Waals surface area contributed by atoms with E-state index in [2.05, 4.69) is 10.3 Å². The van der Waals surface area contributed by atoms with Crippen LogP contribution in [0.25, 0.3) is 10.9 Å². The molecule has 0 saturated heterocycles. The summed E-state index contributed by atoms with van der Waals surface area (Å²) in [6, 6.07) is 16.9. The molecule has 0 aliphatic heterocycles. The predicted octanol–water partition coefficient (Wildman–Crippen LogP) is 3.25. The van der Waals surface area contributed by atoms with Crippen LogP contribution >= 0.6 is 0 Å². The van der Waals surface area contributed by atoms with Crippen LogP contribution in [0, 0.1) is 0 Å². The molecule has 1 heterocycles. The number of aromatic amines is 1. The van der Waals surface area contributed by atoms with Gasteiger partial charge in [-0.25, -0.2) is 0 Å². The van der Waals surface area contributed by atoms with Crippen LogP contribution in [0.5, 0.6) is 0 Å². The van der Waals surface area contributed by atoms with E-state index in [0.717, 1.165) is 16.5 Å². The molecule has 5 heteroatoms. The van der Waals surface area contributed by atoms with Gasteiger partial charge in [-0.05, 0) is 29.7 Å². The maximum Gasteiger partial charge on any atom is 0.248 e. The molecule has 0 aliphatic rings. The minimum absolute atomic E-state index is 0.0569. The third-order valence-corrected chi connectivity index (χ3v) is 4.00. The van der Waals surface area contributed by atoms with Crippen LogP contribution in [0.4, 0.5) is 5.69 Å². The second-order valence-electron chi connectivity index (χ2n) is 5.89. The van der Waals surface area contributed by atoms with Crippen LogP contribution < -0.4 is 10.9 Å². The van der Waals surface area contributed by atoms with E-state index < -0.39 is 0 Å². The van der Waals surface area contributed by atoms with E-state index in [1.807, 2.05) is 42.5 Å². The first-order valence-electron chi connectivity index (χ1n) is 8.14. The topological polar surface area (TPSA) is 71.2 Å². The number of ether oxygens (including phenoxy) is 1. The van der Waals surface area contributed by atoms with E-state index in [1.165, 1.54) is 6.07 Å². The van der Waals surface area contributed by atoms with Crippen LogP contribution in [0.15, 0.2) is 59.4 Å². The molecule has 0 atom stereocenters. The van der Waals surface area contributed by atoms with Crippen LogP contribution in [-0.2, 0) is 22.6 Å². The van der Waals surface area contributed by atoms with E-state index in [4.69, 9.17) is 4.74 Å². The van der Waals surface area contributed by atoms with Crippen molar-refractivity contribution in [3.8, 4) is 0 Å². The second kappa shape index (κ2) is 7.77. The quantitative estimate of drug-likeness (QED) is 0.726. The SMILES string of the molecule is COCc1cc(=O)[nH]c2cc(NC(=O)CCc3ccccc3)ccc12. The van der Waals surface area contributed by atoms with E-state index in [1.54, 1.807) is 13.2 Å². The zero-order chi connectivity index (χ0) is 17.6. The van der Waals surface area contributed by atoms with Crippen molar-refractivity contribution in [2.75, 3.05) is 12.4 Å². The zero-order valence-corrected chi connectivity index (χ0v) is 14.0. The van der Waals surface area contributed by atoms with Gasteiger partial charge in [0.2, 0.25) is 11.5 Å². The fraction of sp³-hybridized carbons (Fsp3) is 0.200. The summed E-state index contributed by atoms with van der Waals surface area (Å²) in [6.07, 6.45) is 1.09. The highest BCUT2D eigenvalue weighted by molar-refractivity contribution is 5.94. The number of nitrogens with one attached hydrogen (secondary N) is 2. The van der Waals surface area contributed by atoms with Crippen molar-refractivity contribution in [2.45, 2.75) is 19.4 Å². The van der Waals surface area contributed by atoms with Gasteiger partial charge in [-0.15, -0.1) is 0 Å². The summed E-state index contributed by atoms with van der Waals surface area (Å²) in [5.74, 6) is -0.0569. The number of hydrogen-bond acceptors (Lipinski definition) is 3. The highest BCUT2D eigenvalue weighted by Crippen LogP contribution is 2.20. The third kappa shape index (κ3) is 4.33. The Labute approximate surface area is 145 Å². The molecule has 0 bridgehead atoms. The van der Waals surface area contributed by atoms with E-state index in [9.17, 15) is 9.59 Å². The van der Waals surface area contributed by atoms with E-state index in [0.29, 0.717) is 30.7 Å². The number of rotatable bonds is 6. The zero-order valence-electron chi connectivity index (χ0n) is 14.0. The van der Waals surface area contributed by atoms with Crippen LogP contribution in [0.3, 0.4) is 0 Å². The average molecular weight is 336 g/mol. The van der Waals surface area contributed by atoms with Crippen LogP contribution in [-0.4, -0.2) is 18.0 Å². The number of aromatic nitrogens is 1. The van der Waals surface area contributed by atoms with Gasteiger partial charge in [0.05, 0.1) is 12.1 Å². The Morgan fingerprint density at radius 3 is 2.68 bits per heavy atom. The van der Waals surface area contributed by atoms with Crippen LogP contribution in [0.1, 0.15) is 17.5 Å². The lowest BCUT2D eigenvalue weighted by Gasteiger charge is -2.09. The summed E-state index contributed by atoms with van der Waals surface area (Å²) in [5.41, 5.74) is 3.11. The standard InChI is InChI=1S/C20H20N2O3/c1-25-13-15-11-20(24)22-18-12-16(8-9-17(15)18)21-19(23)10-7-14-5-3-2-4-6-14/h2-6,8-9,11-12H,7,10,13H2,1H3,(H,21,23)(H,22,24). The maximum atomic E-state index is 12.2. The Bertz CT molecular complexity index is 933. The van der Waals surface area contributed by atoms with Gasteiger partial charge in [0.1, 0.15) is 0 Å². The van der Waals surface area contributed by atoms with E-state index >= 15 is 0 Å². The molecule has 2 aromatic carbocycles. The molecule has 25 heavy (non-hydrogen) atoms. The Hall–Kier alpha value is -2.92. The van der Waals surface area contributed by atoms with Gasteiger partial charge in [-0.1, -0.05) is 36.4 Å². The van der Waals surface area contributed by atoms with E-state index in [-0.39, 0.29) is 11.5 Å². The molecule has 0 unspecified atom stereocenters. The van der Waals surface area contributed by atoms with Crippen molar-refractivity contribution < 1.29 is 9.53 Å². The summed E-state index contributed by atoms with van der Waals surface area (Å²) in [6.45, 7) is 0.364. The van der Waals surface area contributed by atoms with Gasteiger partial charge in [-0.3, -0.25) is 9.59 Å². The Morgan fingerprint density at radius 1 is 1.12 bits per heavy atom. The second-order valence-corrected chi connectivity index (χ2v) is 5.89. The normalized spacial score (nSPS) is 10.8. The first-order valence-corrected chi connectivity index (χ1v) is 8.14.